The molecule has 0 aromatic heterocycles. The van der Waals surface area contributed by atoms with E-state index in [9.17, 15) is 22.7 Å². The lowest BCUT2D eigenvalue weighted by atomic mass is 9.97. The molecule has 5 nitrogen and oxygen atoms in total. The summed E-state index contributed by atoms with van der Waals surface area (Å²) in [6.07, 6.45) is 3.18. The first-order chi connectivity index (χ1) is 19.0. The van der Waals surface area contributed by atoms with Crippen molar-refractivity contribution in [2.24, 2.45) is 9.98 Å². The minimum absolute atomic E-state index is 0.0847. The minimum atomic E-state index is -4.56. The molecular weight excluding hydrogens is 522 g/mol. The van der Waals surface area contributed by atoms with Crippen LogP contribution in [0.2, 0.25) is 0 Å². The van der Waals surface area contributed by atoms with Crippen molar-refractivity contribution in [1.29, 1.82) is 0 Å². The van der Waals surface area contributed by atoms with Gasteiger partial charge in [-0.1, -0.05) is 51.0 Å². The van der Waals surface area contributed by atoms with Gasteiger partial charge in [0.15, 0.2) is 0 Å². The van der Waals surface area contributed by atoms with Gasteiger partial charge in [0.1, 0.15) is 23.1 Å². The number of hydrogen-bond acceptors (Lipinski definition) is 4. The molecule has 2 N–H and O–H groups in total. The molecular formula is C31H37F4N3O2. The predicted octanol–water partition coefficient (Wildman–Crippen LogP) is 8.61. The molecule has 0 heterocycles. The highest BCUT2D eigenvalue weighted by Gasteiger charge is 2.33. The zero-order chi connectivity index (χ0) is 29.7. The molecule has 0 fully saturated rings. The Morgan fingerprint density at radius 2 is 1.68 bits per heavy atom. The fourth-order valence-electron chi connectivity index (χ4n) is 3.67. The molecule has 216 valence electrons. The maximum Gasteiger partial charge on any atom is 0.433 e. The molecule has 0 atom stereocenters. The van der Waals surface area contributed by atoms with Gasteiger partial charge in [0, 0.05) is 23.9 Å². The number of nitrogens with one attached hydrogen (secondary N) is 1. The lowest BCUT2D eigenvalue weighted by Crippen LogP contribution is -2.28. The third-order valence-electron chi connectivity index (χ3n) is 5.97. The average Bonchev–Trinajstić information content (AvgIpc) is 2.92. The van der Waals surface area contributed by atoms with Crippen molar-refractivity contribution in [3.63, 3.8) is 0 Å². The molecule has 0 saturated carbocycles. The van der Waals surface area contributed by atoms with E-state index in [1.54, 1.807) is 38.1 Å². The zero-order valence-electron chi connectivity index (χ0n) is 23.6. The van der Waals surface area contributed by atoms with Crippen LogP contribution in [0.25, 0.3) is 11.1 Å². The summed E-state index contributed by atoms with van der Waals surface area (Å²) in [6.45, 7) is 7.38. The number of unbranched alkanes of at least 4 members (excludes halogenated alkanes) is 2. The topological polar surface area (TPSA) is 66.2 Å². The van der Waals surface area contributed by atoms with Gasteiger partial charge in [0.05, 0.1) is 7.11 Å². The number of benzene rings is 2. The van der Waals surface area contributed by atoms with Crippen molar-refractivity contribution < 1.29 is 27.4 Å². The summed E-state index contributed by atoms with van der Waals surface area (Å²) in [4.78, 5) is 8.11. The van der Waals surface area contributed by atoms with Gasteiger partial charge in [0.25, 0.3) is 0 Å². The van der Waals surface area contributed by atoms with E-state index in [2.05, 4.69) is 15.3 Å². The Hall–Kier alpha value is -3.88. The molecule has 0 saturated heterocycles. The summed E-state index contributed by atoms with van der Waals surface area (Å²) < 4.78 is 59.3. The Bertz CT molecular complexity index is 1270. The number of hydrogen-bond donors (Lipinski definition) is 2. The highest BCUT2D eigenvalue weighted by atomic mass is 19.4. The minimum Gasteiger partial charge on any atom is -0.496 e. The normalized spacial score (nSPS) is 13.7. The molecule has 40 heavy (non-hydrogen) atoms. The molecule has 9 heteroatoms. The van der Waals surface area contributed by atoms with E-state index in [1.807, 2.05) is 26.0 Å². The Morgan fingerprint density at radius 1 is 1.02 bits per heavy atom. The lowest BCUT2D eigenvalue weighted by molar-refractivity contribution is -0.0925. The number of ether oxygens (including phenoxy) is 1. The zero-order valence-corrected chi connectivity index (χ0v) is 23.6. The molecule has 0 unspecified atom stereocenters. The van der Waals surface area contributed by atoms with Crippen LogP contribution in [0.15, 0.2) is 81.8 Å². The van der Waals surface area contributed by atoms with Crippen LogP contribution in [-0.2, 0) is 0 Å². The van der Waals surface area contributed by atoms with Gasteiger partial charge in [-0.3, -0.25) is 4.99 Å². The smallest absolute Gasteiger partial charge is 0.433 e. The van der Waals surface area contributed by atoms with Crippen molar-refractivity contribution in [3.05, 3.63) is 88.7 Å². The first-order valence-corrected chi connectivity index (χ1v) is 13.2. The number of aliphatic hydroxyl groups is 1. The van der Waals surface area contributed by atoms with E-state index in [0.29, 0.717) is 29.7 Å². The standard InChI is InChI=1S/C31H37F4N3O2/c1-6-9-11-28(31(33,34)35)36-19-22(8-3)20-37-30(38-29(39)12-10-7-2)26-17-24(18-27(40-5)21(26)4)23-13-15-25(32)16-14-23/h8,11-19,39H,6-7,9-10,20H2,1-5H3,(H,37,38)/b22-8+,28-11+,29-12-,36-19-. The molecule has 0 bridgehead atoms. The summed E-state index contributed by atoms with van der Waals surface area (Å²) in [5.41, 5.74) is 2.33. The molecule has 0 aliphatic carbocycles. The number of alkyl halides is 3. The second-order valence-corrected chi connectivity index (χ2v) is 9.02. The van der Waals surface area contributed by atoms with Crippen molar-refractivity contribution in [3.8, 4) is 16.9 Å². The molecule has 0 radical (unpaired) electrons. The molecule has 0 aliphatic heterocycles. The Labute approximate surface area is 233 Å². The third kappa shape index (κ3) is 9.70. The van der Waals surface area contributed by atoms with E-state index >= 15 is 0 Å². The van der Waals surface area contributed by atoms with Crippen LogP contribution in [0.5, 0.6) is 5.75 Å². The van der Waals surface area contributed by atoms with E-state index in [0.717, 1.165) is 29.2 Å². The summed E-state index contributed by atoms with van der Waals surface area (Å²) in [5.74, 6) is 0.270. The fourth-order valence-corrected chi connectivity index (χ4v) is 3.67. The van der Waals surface area contributed by atoms with Crippen LogP contribution < -0.4 is 10.1 Å². The van der Waals surface area contributed by atoms with E-state index in [1.165, 1.54) is 25.5 Å². The van der Waals surface area contributed by atoms with Crippen molar-refractivity contribution in [2.45, 2.75) is 59.6 Å². The molecule has 2 aromatic carbocycles. The number of nitrogens with zero attached hydrogens (tertiary/aromatic N) is 2. The van der Waals surface area contributed by atoms with Crippen LogP contribution in [0.4, 0.5) is 17.6 Å². The van der Waals surface area contributed by atoms with Crippen molar-refractivity contribution in [2.75, 3.05) is 13.7 Å². The highest BCUT2D eigenvalue weighted by molar-refractivity contribution is 6.02. The summed E-state index contributed by atoms with van der Waals surface area (Å²) in [6, 6.07) is 9.66. The van der Waals surface area contributed by atoms with Gasteiger partial charge in [-0.2, -0.15) is 18.2 Å². The van der Waals surface area contributed by atoms with Crippen molar-refractivity contribution >= 4 is 12.1 Å². The second-order valence-electron chi connectivity index (χ2n) is 9.02. The molecule has 2 aromatic rings. The number of rotatable bonds is 12. The summed E-state index contributed by atoms with van der Waals surface area (Å²) in [7, 11) is 1.53. The largest absolute Gasteiger partial charge is 0.496 e. The van der Waals surface area contributed by atoms with E-state index in [4.69, 9.17) is 4.74 Å². The predicted molar refractivity (Wildman–Crippen MR) is 155 cm³/mol. The number of aliphatic imine (C=N–C) groups is 2. The Balaban J connectivity index is 2.52. The Morgan fingerprint density at radius 3 is 2.25 bits per heavy atom. The average molecular weight is 560 g/mol. The van der Waals surface area contributed by atoms with Gasteiger partial charge >= 0.3 is 6.18 Å². The monoisotopic (exact) mass is 559 g/mol. The van der Waals surface area contributed by atoms with Gasteiger partial charge in [-0.05, 0) is 73.7 Å². The number of amidine groups is 1. The number of allylic oxidation sites excluding steroid dienone is 4. The molecule has 0 aliphatic rings. The van der Waals surface area contributed by atoms with Crippen LogP contribution in [-0.4, -0.2) is 37.0 Å². The second kappa shape index (κ2) is 15.6. The van der Waals surface area contributed by atoms with Crippen molar-refractivity contribution in [1.82, 2.24) is 5.32 Å². The fraction of sp³-hybridized carbons (Fsp3) is 0.355. The number of halogens is 4. The highest BCUT2D eigenvalue weighted by Crippen LogP contribution is 2.31. The third-order valence-corrected chi connectivity index (χ3v) is 5.97. The molecule has 0 spiro atoms. The van der Waals surface area contributed by atoms with E-state index < -0.39 is 11.9 Å². The maximum absolute atomic E-state index is 13.5. The number of methoxy groups -OCH3 is 1. The maximum atomic E-state index is 13.5. The van der Waals surface area contributed by atoms with E-state index in [-0.39, 0.29) is 30.5 Å². The first-order valence-electron chi connectivity index (χ1n) is 13.2. The molecule has 2 rings (SSSR count). The van der Waals surface area contributed by atoms with Crippen LogP contribution >= 0.6 is 0 Å². The van der Waals surface area contributed by atoms with Gasteiger partial charge in [-0.25, -0.2) is 4.39 Å². The van der Waals surface area contributed by atoms with Gasteiger partial charge < -0.3 is 15.2 Å². The quantitative estimate of drug-likeness (QED) is 0.118. The Kier molecular flexibility index (Phi) is 12.6. The summed E-state index contributed by atoms with van der Waals surface area (Å²) >= 11 is 0. The SMILES string of the molecule is C\C=C(/C=N\C(=C\CCC)C(F)(F)F)CN/C(=N/C(O)=C/CCC)c1cc(-c2ccc(F)cc2)cc(OC)c1C. The van der Waals surface area contributed by atoms with Crippen LogP contribution in [0.1, 0.15) is 57.6 Å². The van der Waals surface area contributed by atoms with Crippen LogP contribution in [0, 0.1) is 12.7 Å². The lowest BCUT2D eigenvalue weighted by Gasteiger charge is -2.17. The van der Waals surface area contributed by atoms with Gasteiger partial charge in [-0.15, -0.1) is 0 Å². The summed E-state index contributed by atoms with van der Waals surface area (Å²) in [5, 5.41) is 13.7. The first kappa shape index (κ1) is 32.3. The molecule has 0 amide bonds. The van der Waals surface area contributed by atoms with Gasteiger partial charge in [0.2, 0.25) is 5.88 Å². The number of aliphatic hydroxyl groups excluding tert-OH is 1. The van der Waals surface area contributed by atoms with Crippen LogP contribution in [0.3, 0.4) is 0 Å².